The summed E-state index contributed by atoms with van der Waals surface area (Å²) in [6.07, 6.45) is 7.19. The van der Waals surface area contributed by atoms with Gasteiger partial charge in [-0.05, 0) is 90.7 Å². The molecule has 6 nitrogen and oxygen atoms in total. The maximum Gasteiger partial charge on any atom is 0.286 e. The Balaban J connectivity index is 1.27. The molecular weight excluding hydrogens is 497 g/mol. The summed E-state index contributed by atoms with van der Waals surface area (Å²) in [6.45, 7) is 8.69. The first-order valence-electron chi connectivity index (χ1n) is 13.5. The number of benzene rings is 2. The number of amides is 1. The molecule has 0 N–H and O–H groups in total. The molecule has 0 aliphatic carbocycles. The third-order valence-electron chi connectivity index (χ3n) is 7.72. The van der Waals surface area contributed by atoms with Gasteiger partial charge < -0.3 is 14.7 Å². The topological polar surface area (TPSA) is 52.0 Å². The van der Waals surface area contributed by atoms with Gasteiger partial charge in [0.1, 0.15) is 5.82 Å². The molecule has 8 heteroatoms. The predicted octanol–water partition coefficient (Wildman–Crippen LogP) is 5.64. The minimum absolute atomic E-state index is 0.181. The van der Waals surface area contributed by atoms with E-state index in [0.29, 0.717) is 10.6 Å². The number of amidine groups is 1. The monoisotopic (exact) mass is 529 g/mol. The van der Waals surface area contributed by atoms with Crippen LogP contribution in [0.25, 0.3) is 28.1 Å². The highest BCUT2D eigenvalue weighted by Crippen LogP contribution is 2.34. The number of likely N-dealkylation sites (N-methyl/N-ethyl adjacent to an activating group) is 1. The average molecular weight is 530 g/mol. The first-order valence-corrected chi connectivity index (χ1v) is 14.3. The van der Waals surface area contributed by atoms with Crippen molar-refractivity contribution in [1.29, 1.82) is 0 Å². The smallest absolute Gasteiger partial charge is 0.286 e. The number of carbonyl (C=O) groups excluding carboxylic acids is 1. The van der Waals surface area contributed by atoms with E-state index < -0.39 is 0 Å². The fourth-order valence-electron chi connectivity index (χ4n) is 5.51. The van der Waals surface area contributed by atoms with Crippen molar-refractivity contribution < 1.29 is 9.18 Å². The van der Waals surface area contributed by atoms with Crippen molar-refractivity contribution in [3.05, 3.63) is 64.9 Å². The zero-order valence-electron chi connectivity index (χ0n) is 21.7. The molecule has 1 aromatic heterocycles. The van der Waals surface area contributed by atoms with Gasteiger partial charge in [0.25, 0.3) is 5.91 Å². The molecule has 196 valence electrons. The van der Waals surface area contributed by atoms with Crippen molar-refractivity contribution in [1.82, 2.24) is 14.8 Å². The van der Waals surface area contributed by atoms with Crippen LogP contribution < -0.4 is 4.90 Å². The number of pyridine rings is 1. The second-order valence-corrected chi connectivity index (χ2v) is 11.1. The number of halogens is 1. The van der Waals surface area contributed by atoms with Gasteiger partial charge in [-0.1, -0.05) is 19.1 Å². The normalized spacial score (nSPS) is 20.0. The van der Waals surface area contributed by atoms with E-state index in [1.807, 2.05) is 42.5 Å². The second-order valence-electron chi connectivity index (χ2n) is 10.1. The third-order valence-corrected chi connectivity index (χ3v) is 8.76. The van der Waals surface area contributed by atoms with Crippen LogP contribution in [0.15, 0.2) is 58.6 Å². The Morgan fingerprint density at radius 2 is 1.76 bits per heavy atom. The third kappa shape index (κ3) is 5.07. The Kier molecular flexibility index (Phi) is 7.17. The molecule has 0 bridgehead atoms. The first kappa shape index (κ1) is 25.1. The summed E-state index contributed by atoms with van der Waals surface area (Å²) >= 11 is 1.46. The second kappa shape index (κ2) is 10.9. The highest BCUT2D eigenvalue weighted by atomic mass is 32.2. The summed E-state index contributed by atoms with van der Waals surface area (Å²) in [4.78, 5) is 28.9. The summed E-state index contributed by atoms with van der Waals surface area (Å²) < 4.78 is 15.3. The lowest BCUT2D eigenvalue weighted by molar-refractivity contribution is -0.113. The van der Waals surface area contributed by atoms with Gasteiger partial charge in [-0.2, -0.15) is 4.99 Å². The van der Waals surface area contributed by atoms with Crippen LogP contribution in [0, 0.1) is 5.82 Å². The van der Waals surface area contributed by atoms with E-state index in [1.54, 1.807) is 12.3 Å². The molecule has 1 amide bonds. The minimum atomic E-state index is -0.203. The van der Waals surface area contributed by atoms with Gasteiger partial charge in [-0.25, -0.2) is 4.39 Å². The summed E-state index contributed by atoms with van der Waals surface area (Å²) in [5.41, 5.74) is 4.14. The van der Waals surface area contributed by atoms with Crippen molar-refractivity contribution in [3.63, 3.8) is 0 Å². The van der Waals surface area contributed by atoms with E-state index in [1.165, 1.54) is 18.2 Å². The highest BCUT2D eigenvalue weighted by molar-refractivity contribution is 8.18. The van der Waals surface area contributed by atoms with Crippen molar-refractivity contribution in [2.45, 2.75) is 26.2 Å². The molecule has 2 fully saturated rings. The molecular formula is C30H32FN5OS. The lowest BCUT2D eigenvalue weighted by Gasteiger charge is -2.35. The van der Waals surface area contributed by atoms with Gasteiger partial charge in [-0.3, -0.25) is 9.78 Å². The van der Waals surface area contributed by atoms with Crippen LogP contribution in [-0.4, -0.2) is 71.7 Å². The van der Waals surface area contributed by atoms with Crippen molar-refractivity contribution >= 4 is 45.5 Å². The molecule has 0 saturated carbocycles. The molecule has 0 atom stereocenters. The summed E-state index contributed by atoms with van der Waals surface area (Å²) in [5.74, 6) is -0.384. The Morgan fingerprint density at radius 3 is 2.53 bits per heavy atom. The van der Waals surface area contributed by atoms with E-state index in [-0.39, 0.29) is 11.7 Å². The summed E-state index contributed by atoms with van der Waals surface area (Å²) in [5, 5.41) is 1.74. The Hall–Kier alpha value is -3.23. The minimum Gasteiger partial charge on any atom is -0.367 e. The van der Waals surface area contributed by atoms with Gasteiger partial charge in [0, 0.05) is 50.9 Å². The Labute approximate surface area is 227 Å². The van der Waals surface area contributed by atoms with Gasteiger partial charge in [0.2, 0.25) is 0 Å². The number of fused-ring (bicyclic) bond motifs is 1. The molecule has 2 aromatic carbocycles. The Bertz CT molecular complexity index is 1420. The molecule has 38 heavy (non-hydrogen) atoms. The maximum absolute atomic E-state index is 15.3. The fourth-order valence-corrected chi connectivity index (χ4v) is 6.48. The number of piperidine rings is 1. The molecule has 3 aromatic rings. The molecule has 0 spiro atoms. The van der Waals surface area contributed by atoms with E-state index >= 15 is 4.39 Å². The van der Waals surface area contributed by atoms with E-state index in [9.17, 15) is 4.79 Å². The van der Waals surface area contributed by atoms with Gasteiger partial charge in [-0.15, -0.1) is 0 Å². The van der Waals surface area contributed by atoms with Crippen LogP contribution in [-0.2, 0) is 4.79 Å². The SMILES string of the molecule is CCN1CCN(c2ccc(-c3ccnc4ccc(/C=C5\SC(N6CCCCC6)=NC5=O)cc34)cc2F)CC1. The zero-order chi connectivity index (χ0) is 26.1. The molecule has 0 radical (unpaired) electrons. The largest absolute Gasteiger partial charge is 0.367 e. The fraction of sp³-hybridized carbons (Fsp3) is 0.367. The quantitative estimate of drug-likeness (QED) is 0.408. The van der Waals surface area contributed by atoms with Crippen LogP contribution in [0.5, 0.6) is 0 Å². The molecule has 4 heterocycles. The molecule has 3 aliphatic heterocycles. The van der Waals surface area contributed by atoms with Gasteiger partial charge in [0.15, 0.2) is 5.17 Å². The van der Waals surface area contributed by atoms with Crippen LogP contribution in [0.1, 0.15) is 31.7 Å². The number of hydrogen-bond acceptors (Lipinski definition) is 6. The number of nitrogens with zero attached hydrogens (tertiary/aromatic N) is 5. The van der Waals surface area contributed by atoms with E-state index in [2.05, 4.69) is 31.6 Å². The van der Waals surface area contributed by atoms with Gasteiger partial charge >= 0.3 is 0 Å². The Morgan fingerprint density at radius 1 is 0.947 bits per heavy atom. The lowest BCUT2D eigenvalue weighted by Crippen LogP contribution is -2.46. The number of rotatable bonds is 4. The molecule has 6 rings (SSSR count). The van der Waals surface area contributed by atoms with Crippen LogP contribution >= 0.6 is 11.8 Å². The van der Waals surface area contributed by atoms with Crippen molar-refractivity contribution in [2.75, 3.05) is 50.7 Å². The van der Waals surface area contributed by atoms with E-state index in [4.69, 9.17) is 0 Å². The number of hydrogen-bond donors (Lipinski definition) is 0. The number of aliphatic imine (C=N–C) groups is 1. The van der Waals surface area contributed by atoms with Crippen molar-refractivity contribution in [2.24, 2.45) is 4.99 Å². The first-order chi connectivity index (χ1) is 18.6. The van der Waals surface area contributed by atoms with Crippen LogP contribution in [0.2, 0.25) is 0 Å². The van der Waals surface area contributed by atoms with Gasteiger partial charge in [0.05, 0.1) is 16.1 Å². The number of carbonyl (C=O) groups is 1. The van der Waals surface area contributed by atoms with Crippen LogP contribution in [0.4, 0.5) is 10.1 Å². The standard InChI is InChI=1S/C30H32FN5OS/c1-2-34-14-16-35(17-15-34)27-9-7-22(20-25(27)31)23-10-11-32-26-8-6-21(18-24(23)26)19-28-29(37)33-30(38-28)36-12-4-3-5-13-36/h6-11,18-20H,2-5,12-17H2,1H3/b28-19-. The molecule has 3 aliphatic rings. The van der Waals surface area contributed by atoms with Crippen molar-refractivity contribution in [3.8, 4) is 11.1 Å². The zero-order valence-corrected chi connectivity index (χ0v) is 22.5. The highest BCUT2D eigenvalue weighted by Gasteiger charge is 2.27. The lowest BCUT2D eigenvalue weighted by atomic mass is 9.99. The number of likely N-dealkylation sites (tertiary alicyclic amines) is 1. The van der Waals surface area contributed by atoms with Crippen LogP contribution in [0.3, 0.4) is 0 Å². The number of thioether (sulfide) groups is 1. The van der Waals surface area contributed by atoms with E-state index in [0.717, 1.165) is 91.4 Å². The summed E-state index contributed by atoms with van der Waals surface area (Å²) in [7, 11) is 0. The average Bonchev–Trinajstić information content (AvgIpc) is 3.33. The maximum atomic E-state index is 15.3. The molecule has 0 unspecified atom stereocenters. The number of aromatic nitrogens is 1. The summed E-state index contributed by atoms with van der Waals surface area (Å²) in [6, 6.07) is 13.4. The predicted molar refractivity (Wildman–Crippen MR) is 155 cm³/mol. The number of anilines is 1. The molecule has 2 saturated heterocycles. The number of piperazine rings is 1.